The Hall–Kier alpha value is -3.17. The summed E-state index contributed by atoms with van der Waals surface area (Å²) in [6, 6.07) is 1.80. The molecule has 0 saturated carbocycles. The van der Waals surface area contributed by atoms with Gasteiger partial charge in [-0.1, -0.05) is 0 Å². The average molecular weight is 333 g/mol. The molecule has 0 aliphatic heterocycles. The molecule has 1 N–H and O–H groups in total. The van der Waals surface area contributed by atoms with Gasteiger partial charge in [0.05, 0.1) is 11.7 Å². The number of hydrogen-bond acceptors (Lipinski definition) is 5. The van der Waals surface area contributed by atoms with Gasteiger partial charge in [-0.3, -0.25) is 4.40 Å². The number of nitrogens with one attached hydrogen (secondary N) is 1. The first-order chi connectivity index (χ1) is 11.5. The second-order valence-electron chi connectivity index (χ2n) is 5.09. The Morgan fingerprint density at radius 3 is 2.79 bits per heavy atom. The zero-order valence-electron chi connectivity index (χ0n) is 12.1. The summed E-state index contributed by atoms with van der Waals surface area (Å²) in [6.45, 7) is -1.19. The van der Waals surface area contributed by atoms with Crippen LogP contribution in [-0.2, 0) is 0 Å². The van der Waals surface area contributed by atoms with Crippen molar-refractivity contribution in [3.63, 3.8) is 0 Å². The average Bonchev–Trinajstić information content (AvgIpc) is 3.17. The molecule has 0 fully saturated rings. The van der Waals surface area contributed by atoms with Gasteiger partial charge in [-0.2, -0.15) is 13.2 Å². The van der Waals surface area contributed by atoms with Crippen LogP contribution in [-0.4, -0.2) is 41.7 Å². The van der Waals surface area contributed by atoms with Crippen molar-refractivity contribution in [1.29, 1.82) is 0 Å². The van der Waals surface area contributed by atoms with Crippen LogP contribution in [0.2, 0.25) is 0 Å². The van der Waals surface area contributed by atoms with Crippen molar-refractivity contribution in [3.05, 3.63) is 43.2 Å². The second-order valence-corrected chi connectivity index (χ2v) is 5.09. The van der Waals surface area contributed by atoms with Crippen LogP contribution < -0.4 is 5.32 Å². The van der Waals surface area contributed by atoms with Crippen molar-refractivity contribution in [2.24, 2.45) is 0 Å². The molecule has 0 amide bonds. The summed E-state index contributed by atoms with van der Waals surface area (Å²) in [5.41, 5.74) is 2.30. The molecule has 0 saturated heterocycles. The van der Waals surface area contributed by atoms with E-state index in [0.29, 0.717) is 11.3 Å². The molecule has 0 unspecified atom stereocenters. The number of nitrogens with zero attached hydrogens (tertiary/aromatic N) is 6. The van der Waals surface area contributed by atoms with E-state index >= 15 is 0 Å². The summed E-state index contributed by atoms with van der Waals surface area (Å²) in [4.78, 5) is 12.3. The third kappa shape index (κ3) is 2.62. The van der Waals surface area contributed by atoms with Gasteiger partial charge in [0.2, 0.25) is 11.7 Å². The van der Waals surface area contributed by atoms with Crippen molar-refractivity contribution < 1.29 is 13.2 Å². The molecule has 4 rings (SSSR count). The fourth-order valence-electron chi connectivity index (χ4n) is 2.36. The van der Waals surface area contributed by atoms with E-state index in [1.165, 1.54) is 10.7 Å². The molecular weight excluding hydrogens is 323 g/mol. The van der Waals surface area contributed by atoms with Crippen LogP contribution in [0.4, 0.5) is 19.1 Å². The van der Waals surface area contributed by atoms with Crippen molar-refractivity contribution in [2.75, 3.05) is 11.9 Å². The van der Waals surface area contributed by atoms with Gasteiger partial charge in [0.1, 0.15) is 6.54 Å². The van der Waals surface area contributed by atoms with E-state index in [2.05, 4.69) is 25.4 Å². The minimum absolute atomic E-state index is 0.0924. The standard InChI is InChI=1S/C14H10F3N7/c15-14(16,17)8-21-12-19-6-11-10(1-3-24(11)22-12)9-5-20-13-18-2-4-23(13)7-9/h1-7H,8H2,(H,21,22). The van der Waals surface area contributed by atoms with Gasteiger partial charge >= 0.3 is 6.18 Å². The molecule has 7 nitrogen and oxygen atoms in total. The molecule has 4 aromatic rings. The molecule has 0 atom stereocenters. The minimum Gasteiger partial charge on any atom is -0.344 e. The summed E-state index contributed by atoms with van der Waals surface area (Å²) in [6.07, 6.45) is 5.76. The molecule has 0 radical (unpaired) electrons. The third-order valence-corrected chi connectivity index (χ3v) is 3.42. The van der Waals surface area contributed by atoms with Gasteiger partial charge in [0.15, 0.2) is 0 Å². The maximum atomic E-state index is 12.2. The number of aromatic nitrogens is 6. The molecule has 0 aromatic carbocycles. The van der Waals surface area contributed by atoms with Crippen LogP contribution in [0.1, 0.15) is 0 Å². The lowest BCUT2D eigenvalue weighted by Crippen LogP contribution is -2.22. The lowest BCUT2D eigenvalue weighted by molar-refractivity contribution is -0.115. The summed E-state index contributed by atoms with van der Waals surface area (Å²) >= 11 is 0. The lowest BCUT2D eigenvalue weighted by atomic mass is 10.1. The van der Waals surface area contributed by atoms with Crippen molar-refractivity contribution in [2.45, 2.75) is 6.18 Å². The van der Waals surface area contributed by atoms with Gasteiger partial charge in [-0.05, 0) is 6.07 Å². The molecule has 0 bridgehead atoms. The number of rotatable bonds is 3. The van der Waals surface area contributed by atoms with Crippen LogP contribution in [0.5, 0.6) is 0 Å². The monoisotopic (exact) mass is 333 g/mol. The first kappa shape index (κ1) is 14.4. The summed E-state index contributed by atoms with van der Waals surface area (Å²) in [7, 11) is 0. The SMILES string of the molecule is FC(F)(F)CNc1ncc2c(-c3cnc4nccn4c3)ccn2n1. The van der Waals surface area contributed by atoms with Gasteiger partial charge < -0.3 is 5.32 Å². The molecule has 122 valence electrons. The quantitative estimate of drug-likeness (QED) is 0.623. The summed E-state index contributed by atoms with van der Waals surface area (Å²) in [5, 5.41) is 6.19. The molecule has 4 heterocycles. The van der Waals surface area contributed by atoms with E-state index in [4.69, 9.17) is 0 Å². The van der Waals surface area contributed by atoms with E-state index in [1.54, 1.807) is 35.3 Å². The molecule has 0 aliphatic rings. The highest BCUT2D eigenvalue weighted by molar-refractivity contribution is 5.79. The smallest absolute Gasteiger partial charge is 0.344 e. The number of halogens is 3. The van der Waals surface area contributed by atoms with Crippen molar-refractivity contribution in [1.82, 2.24) is 29.0 Å². The molecule has 4 aromatic heterocycles. The van der Waals surface area contributed by atoms with Gasteiger partial charge in [0.25, 0.3) is 0 Å². The number of fused-ring (bicyclic) bond motifs is 2. The minimum atomic E-state index is -4.33. The number of hydrogen-bond donors (Lipinski definition) is 1. The predicted molar refractivity (Wildman–Crippen MR) is 79.5 cm³/mol. The second kappa shape index (κ2) is 5.18. The third-order valence-electron chi connectivity index (χ3n) is 3.42. The van der Waals surface area contributed by atoms with Crippen LogP contribution in [0.25, 0.3) is 22.4 Å². The van der Waals surface area contributed by atoms with Crippen LogP contribution in [0, 0.1) is 0 Å². The largest absolute Gasteiger partial charge is 0.405 e. The van der Waals surface area contributed by atoms with E-state index in [9.17, 15) is 13.2 Å². The Kier molecular flexibility index (Phi) is 3.12. The molecular formula is C14H10F3N7. The predicted octanol–water partition coefficient (Wildman–Crippen LogP) is 2.41. The molecule has 0 aliphatic carbocycles. The Balaban J connectivity index is 1.69. The van der Waals surface area contributed by atoms with Crippen LogP contribution >= 0.6 is 0 Å². The zero-order chi connectivity index (χ0) is 16.7. The highest BCUT2D eigenvalue weighted by Crippen LogP contribution is 2.25. The normalized spacial score (nSPS) is 12.1. The Morgan fingerprint density at radius 2 is 1.96 bits per heavy atom. The van der Waals surface area contributed by atoms with E-state index < -0.39 is 12.7 Å². The Labute approximate surface area is 132 Å². The maximum Gasteiger partial charge on any atom is 0.405 e. The Bertz CT molecular complexity index is 1020. The Morgan fingerprint density at radius 1 is 1.08 bits per heavy atom. The highest BCUT2D eigenvalue weighted by atomic mass is 19.4. The van der Waals surface area contributed by atoms with Crippen molar-refractivity contribution in [3.8, 4) is 11.1 Å². The van der Waals surface area contributed by atoms with Gasteiger partial charge in [-0.25, -0.2) is 19.5 Å². The fraction of sp³-hybridized carbons (Fsp3) is 0.143. The van der Waals surface area contributed by atoms with Gasteiger partial charge in [-0.15, -0.1) is 5.10 Å². The molecule has 10 heteroatoms. The summed E-state index contributed by atoms with van der Waals surface area (Å²) < 4.78 is 40.0. The topological polar surface area (TPSA) is 72.4 Å². The lowest BCUT2D eigenvalue weighted by Gasteiger charge is -2.08. The number of imidazole rings is 1. The highest BCUT2D eigenvalue weighted by Gasteiger charge is 2.27. The maximum absolute atomic E-state index is 12.2. The van der Waals surface area contributed by atoms with Gasteiger partial charge in [0, 0.05) is 42.1 Å². The number of alkyl halides is 3. The van der Waals surface area contributed by atoms with E-state index in [1.807, 2.05) is 6.20 Å². The van der Waals surface area contributed by atoms with Crippen molar-refractivity contribution >= 4 is 17.2 Å². The number of anilines is 1. The first-order valence-electron chi connectivity index (χ1n) is 6.94. The first-order valence-corrected chi connectivity index (χ1v) is 6.94. The van der Waals surface area contributed by atoms with E-state index in [0.717, 1.165) is 11.1 Å². The van der Waals surface area contributed by atoms with E-state index in [-0.39, 0.29) is 5.95 Å². The van der Waals surface area contributed by atoms with Crippen LogP contribution in [0.3, 0.4) is 0 Å². The van der Waals surface area contributed by atoms with Crippen LogP contribution in [0.15, 0.2) is 43.2 Å². The molecule has 0 spiro atoms. The molecule has 24 heavy (non-hydrogen) atoms. The summed E-state index contributed by atoms with van der Waals surface area (Å²) in [5.74, 6) is 0.488. The fourth-order valence-corrected chi connectivity index (χ4v) is 2.36. The zero-order valence-corrected chi connectivity index (χ0v) is 12.1.